The lowest BCUT2D eigenvalue weighted by Gasteiger charge is -2.33. The van der Waals surface area contributed by atoms with Crippen molar-refractivity contribution in [2.75, 3.05) is 4.90 Å². The number of amides is 2. The van der Waals surface area contributed by atoms with Crippen molar-refractivity contribution in [2.24, 2.45) is 0 Å². The molecular weight excluding hydrogens is 477 g/mol. The van der Waals surface area contributed by atoms with Crippen LogP contribution in [0.4, 0.5) is 10.1 Å². The second-order valence-corrected chi connectivity index (χ2v) is 9.96. The van der Waals surface area contributed by atoms with Gasteiger partial charge in [-0.1, -0.05) is 79.4 Å². The van der Waals surface area contributed by atoms with Crippen LogP contribution >= 0.6 is 0 Å². The molecule has 194 valence electrons. The van der Waals surface area contributed by atoms with Crippen LogP contribution < -0.4 is 10.2 Å². The zero-order valence-electron chi connectivity index (χ0n) is 21.5. The Kier molecular flexibility index (Phi) is 7.68. The zero-order valence-corrected chi connectivity index (χ0v) is 21.5. The first-order valence-electron chi connectivity index (χ1n) is 13.2. The van der Waals surface area contributed by atoms with E-state index in [4.69, 9.17) is 0 Å². The number of rotatable bonds is 7. The molecule has 0 saturated heterocycles. The number of carbonyl (C=O) groups is 2. The fourth-order valence-corrected chi connectivity index (χ4v) is 5.11. The van der Waals surface area contributed by atoms with Crippen LogP contribution in [0.5, 0.6) is 0 Å². The van der Waals surface area contributed by atoms with Crippen molar-refractivity contribution < 1.29 is 14.0 Å². The van der Waals surface area contributed by atoms with Crippen molar-refractivity contribution in [1.82, 2.24) is 10.3 Å². The standard InChI is InChI=1S/C32H32FN3O2/c1-22-12-18-27(19-13-22)36(32(38)29-21-20-28(35-29)23-8-4-2-5-9-23)30(24-14-16-25(33)17-15-24)31(37)34-26-10-6-3-7-11-26/h2,4-5,8-9,12-21,26,30,35H,3,6-7,10-11H2,1H3,(H,34,37). The van der Waals surface area contributed by atoms with Crippen molar-refractivity contribution in [3.8, 4) is 11.3 Å². The smallest absolute Gasteiger partial charge is 0.275 e. The van der Waals surface area contributed by atoms with Crippen LogP contribution in [0.1, 0.15) is 59.8 Å². The molecule has 1 aromatic heterocycles. The maximum absolute atomic E-state index is 14.2. The summed E-state index contributed by atoms with van der Waals surface area (Å²) in [6.07, 6.45) is 5.13. The van der Waals surface area contributed by atoms with Crippen molar-refractivity contribution in [3.63, 3.8) is 0 Å². The first-order chi connectivity index (χ1) is 18.5. The maximum Gasteiger partial charge on any atom is 0.275 e. The molecule has 1 unspecified atom stereocenters. The third kappa shape index (κ3) is 5.70. The van der Waals surface area contributed by atoms with Gasteiger partial charge in [0.05, 0.1) is 0 Å². The maximum atomic E-state index is 14.2. The SMILES string of the molecule is Cc1ccc(N(C(=O)c2ccc(-c3ccccc3)[nH]2)C(C(=O)NC2CCCCC2)c2ccc(F)cc2)cc1. The number of hydrogen-bond donors (Lipinski definition) is 2. The van der Waals surface area contributed by atoms with E-state index in [-0.39, 0.29) is 17.9 Å². The molecule has 1 heterocycles. The molecule has 1 saturated carbocycles. The Morgan fingerprint density at radius 2 is 1.55 bits per heavy atom. The first-order valence-corrected chi connectivity index (χ1v) is 13.2. The summed E-state index contributed by atoms with van der Waals surface area (Å²) in [6, 6.07) is 25.8. The van der Waals surface area contributed by atoms with Crippen LogP contribution in [-0.2, 0) is 4.79 Å². The summed E-state index contributed by atoms with van der Waals surface area (Å²) in [5.41, 5.74) is 4.30. The zero-order chi connectivity index (χ0) is 26.5. The van der Waals surface area contributed by atoms with Crippen molar-refractivity contribution in [3.05, 3.63) is 114 Å². The molecule has 5 rings (SSSR count). The second kappa shape index (κ2) is 11.5. The molecule has 4 aromatic rings. The molecule has 38 heavy (non-hydrogen) atoms. The lowest BCUT2D eigenvalue weighted by atomic mass is 9.94. The minimum Gasteiger partial charge on any atom is -0.351 e. The molecule has 2 N–H and O–H groups in total. The van der Waals surface area contributed by atoms with Crippen LogP contribution in [0, 0.1) is 12.7 Å². The summed E-state index contributed by atoms with van der Waals surface area (Å²) in [7, 11) is 0. The Labute approximate surface area is 222 Å². The molecule has 0 spiro atoms. The topological polar surface area (TPSA) is 65.2 Å². The molecule has 1 fully saturated rings. The van der Waals surface area contributed by atoms with E-state index in [1.807, 2.05) is 67.6 Å². The molecule has 3 aromatic carbocycles. The van der Waals surface area contributed by atoms with Gasteiger partial charge in [-0.2, -0.15) is 0 Å². The van der Waals surface area contributed by atoms with E-state index in [1.165, 1.54) is 17.0 Å². The fourth-order valence-electron chi connectivity index (χ4n) is 5.11. The van der Waals surface area contributed by atoms with Gasteiger partial charge in [-0.15, -0.1) is 0 Å². The molecule has 1 aliphatic carbocycles. The van der Waals surface area contributed by atoms with Crippen molar-refractivity contribution >= 4 is 17.5 Å². The van der Waals surface area contributed by atoms with Crippen molar-refractivity contribution in [2.45, 2.75) is 51.1 Å². The molecule has 0 aliphatic heterocycles. The number of aryl methyl sites for hydroxylation is 1. The number of aromatic nitrogens is 1. The number of nitrogens with zero attached hydrogens (tertiary/aromatic N) is 1. The predicted molar refractivity (Wildman–Crippen MR) is 148 cm³/mol. The summed E-state index contributed by atoms with van der Waals surface area (Å²) in [5.74, 6) is -1.01. The Bertz CT molecular complexity index is 1370. The summed E-state index contributed by atoms with van der Waals surface area (Å²) in [4.78, 5) is 32.9. The van der Waals surface area contributed by atoms with Gasteiger partial charge in [0, 0.05) is 17.4 Å². The van der Waals surface area contributed by atoms with Crippen LogP contribution in [0.25, 0.3) is 11.3 Å². The number of carbonyl (C=O) groups excluding carboxylic acids is 2. The van der Waals surface area contributed by atoms with Gasteiger partial charge in [-0.3, -0.25) is 14.5 Å². The highest BCUT2D eigenvalue weighted by molar-refractivity contribution is 6.09. The molecule has 1 atom stereocenters. The fraction of sp³-hybridized carbons (Fsp3) is 0.250. The van der Waals surface area contributed by atoms with E-state index >= 15 is 0 Å². The van der Waals surface area contributed by atoms with Crippen LogP contribution in [0.3, 0.4) is 0 Å². The summed E-state index contributed by atoms with van der Waals surface area (Å²) in [6.45, 7) is 1.97. The molecule has 0 radical (unpaired) electrons. The van der Waals surface area contributed by atoms with Crippen LogP contribution in [-0.4, -0.2) is 22.8 Å². The van der Waals surface area contributed by atoms with Gasteiger partial charge in [0.15, 0.2) is 0 Å². The van der Waals surface area contributed by atoms with Gasteiger partial charge < -0.3 is 10.3 Å². The third-order valence-corrected chi connectivity index (χ3v) is 7.18. The van der Waals surface area contributed by atoms with Gasteiger partial charge >= 0.3 is 0 Å². The largest absolute Gasteiger partial charge is 0.351 e. The van der Waals surface area contributed by atoms with Crippen LogP contribution in [0.2, 0.25) is 0 Å². The quantitative estimate of drug-likeness (QED) is 0.283. The molecular formula is C32H32FN3O2. The average molecular weight is 510 g/mol. The molecule has 1 aliphatic rings. The minimum atomic E-state index is -0.976. The molecule has 5 nitrogen and oxygen atoms in total. The van der Waals surface area contributed by atoms with E-state index in [2.05, 4.69) is 10.3 Å². The Morgan fingerprint density at radius 1 is 0.868 bits per heavy atom. The van der Waals surface area contributed by atoms with E-state index in [9.17, 15) is 14.0 Å². The molecule has 6 heteroatoms. The predicted octanol–water partition coefficient (Wildman–Crippen LogP) is 6.97. The first kappa shape index (κ1) is 25.5. The Morgan fingerprint density at radius 3 is 2.24 bits per heavy atom. The van der Waals surface area contributed by atoms with Crippen LogP contribution in [0.15, 0.2) is 91.0 Å². The van der Waals surface area contributed by atoms with E-state index in [0.29, 0.717) is 16.9 Å². The Balaban J connectivity index is 1.57. The molecule has 2 amide bonds. The van der Waals surface area contributed by atoms with Gasteiger partial charge in [0.1, 0.15) is 17.6 Å². The Hall–Kier alpha value is -4.19. The van der Waals surface area contributed by atoms with Crippen molar-refractivity contribution in [1.29, 1.82) is 0 Å². The highest BCUT2D eigenvalue weighted by Crippen LogP contribution is 2.32. The molecule has 0 bridgehead atoms. The average Bonchev–Trinajstić information content (AvgIpc) is 3.44. The summed E-state index contributed by atoms with van der Waals surface area (Å²) in [5, 5.41) is 3.19. The van der Waals surface area contributed by atoms with E-state index in [1.54, 1.807) is 18.2 Å². The summed E-state index contributed by atoms with van der Waals surface area (Å²) >= 11 is 0. The number of anilines is 1. The number of halogens is 1. The number of H-pyrrole nitrogens is 1. The monoisotopic (exact) mass is 509 g/mol. The number of nitrogens with one attached hydrogen (secondary N) is 2. The number of benzene rings is 3. The highest BCUT2D eigenvalue weighted by atomic mass is 19.1. The lowest BCUT2D eigenvalue weighted by molar-refractivity contribution is -0.123. The second-order valence-electron chi connectivity index (χ2n) is 9.96. The van der Waals surface area contributed by atoms with Gasteiger partial charge in [0.2, 0.25) is 5.91 Å². The highest BCUT2D eigenvalue weighted by Gasteiger charge is 2.35. The van der Waals surface area contributed by atoms with Gasteiger partial charge in [0.25, 0.3) is 5.91 Å². The summed E-state index contributed by atoms with van der Waals surface area (Å²) < 4.78 is 13.9. The van der Waals surface area contributed by atoms with Gasteiger partial charge in [-0.05, 0) is 67.3 Å². The van der Waals surface area contributed by atoms with E-state index in [0.717, 1.165) is 48.9 Å². The lowest BCUT2D eigenvalue weighted by Crippen LogP contribution is -2.47. The van der Waals surface area contributed by atoms with E-state index < -0.39 is 11.9 Å². The third-order valence-electron chi connectivity index (χ3n) is 7.18. The number of hydrogen-bond acceptors (Lipinski definition) is 2. The van der Waals surface area contributed by atoms with Gasteiger partial charge in [-0.25, -0.2) is 4.39 Å². The normalized spacial score (nSPS) is 14.6. The number of aromatic amines is 1. The minimum absolute atomic E-state index is 0.0596.